The molecule has 0 aliphatic rings. The molecule has 0 N–H and O–H groups in total. The molecular weight excluding hydrogens is 593 g/mol. The highest BCUT2D eigenvalue weighted by atomic mass is 31.2. The number of unbranched alkanes of at least 4 members (excludes halogenated alkanes) is 5. The van der Waals surface area contributed by atoms with Gasteiger partial charge in [0.25, 0.3) is 7.82 Å². The molecule has 0 aromatic rings. The highest BCUT2D eigenvalue weighted by Gasteiger charge is 2.21. The zero-order valence-corrected chi connectivity index (χ0v) is 29.2. The van der Waals surface area contributed by atoms with Crippen LogP contribution in [0.5, 0.6) is 0 Å². The Hall–Kier alpha value is -2.55. The number of phosphoric ester groups is 1. The normalized spacial score (nSPS) is 14.9. The van der Waals surface area contributed by atoms with E-state index in [1.54, 1.807) is 0 Å². The fourth-order valence-corrected chi connectivity index (χ4v) is 4.25. The van der Waals surface area contributed by atoms with Crippen LogP contribution in [-0.4, -0.2) is 70.0 Å². The number of allylic oxidation sites excluding steroid dienone is 12. The van der Waals surface area contributed by atoms with Crippen molar-refractivity contribution in [1.82, 2.24) is 0 Å². The van der Waals surface area contributed by atoms with Gasteiger partial charge in [0.15, 0.2) is 6.10 Å². The van der Waals surface area contributed by atoms with E-state index in [0.29, 0.717) is 30.3 Å². The summed E-state index contributed by atoms with van der Waals surface area (Å²) in [6.45, 7) is 3.83. The Morgan fingerprint density at radius 2 is 1.33 bits per heavy atom. The molecule has 9 nitrogen and oxygen atoms in total. The highest BCUT2D eigenvalue weighted by Crippen LogP contribution is 2.38. The van der Waals surface area contributed by atoms with Crippen LogP contribution in [0.3, 0.4) is 0 Å². The largest absolute Gasteiger partial charge is 0.756 e. The standard InChI is InChI=1S/C35H58NO8P/c1-6-8-10-12-14-16-17-18-19-20-22-24-26-28-35(38)44-33(32-43-45(39,40)42-30-29-36(3,4)5)31-41-34(37)27-25-23-21-15-13-11-9-7-2/h8,10,12,14,16-23,33H,6-7,9,11,13,15,24-32H2,1-5H3/b10-8+,14-12+,17-16+,19-18+,22-20+,23-21+. The smallest absolute Gasteiger partial charge is 0.306 e. The Morgan fingerprint density at radius 3 is 1.98 bits per heavy atom. The lowest BCUT2D eigenvalue weighted by Crippen LogP contribution is -2.37. The molecule has 0 spiro atoms. The van der Waals surface area contributed by atoms with E-state index in [2.05, 4.69) is 26.0 Å². The van der Waals surface area contributed by atoms with E-state index >= 15 is 0 Å². The number of ether oxygens (including phenoxy) is 2. The van der Waals surface area contributed by atoms with Crippen molar-refractivity contribution >= 4 is 19.8 Å². The molecule has 0 fully saturated rings. The van der Waals surface area contributed by atoms with Gasteiger partial charge in [0.2, 0.25) is 0 Å². The Kier molecular flexibility index (Phi) is 26.2. The molecule has 0 bridgehead atoms. The molecule has 2 unspecified atom stereocenters. The molecule has 0 saturated carbocycles. The molecule has 0 heterocycles. The predicted molar refractivity (Wildman–Crippen MR) is 180 cm³/mol. The first-order valence-corrected chi connectivity index (χ1v) is 17.7. The maximum Gasteiger partial charge on any atom is 0.306 e. The lowest BCUT2D eigenvalue weighted by Gasteiger charge is -2.28. The van der Waals surface area contributed by atoms with Crippen molar-refractivity contribution in [2.75, 3.05) is 47.5 Å². The summed E-state index contributed by atoms with van der Waals surface area (Å²) in [6.07, 6.45) is 31.2. The van der Waals surface area contributed by atoms with Crippen LogP contribution in [0.15, 0.2) is 72.9 Å². The maximum atomic E-state index is 12.5. The molecule has 0 radical (unpaired) electrons. The highest BCUT2D eigenvalue weighted by molar-refractivity contribution is 7.45. The van der Waals surface area contributed by atoms with E-state index in [1.807, 2.05) is 81.9 Å². The number of rotatable bonds is 27. The molecule has 0 rings (SSSR count). The number of esters is 2. The number of nitrogens with zero attached hydrogens (tertiary/aromatic N) is 1. The minimum absolute atomic E-state index is 0.0530. The third-order valence-corrected chi connectivity index (χ3v) is 7.07. The fourth-order valence-electron chi connectivity index (χ4n) is 3.52. The lowest BCUT2D eigenvalue weighted by atomic mass is 10.1. The summed E-state index contributed by atoms with van der Waals surface area (Å²) >= 11 is 0. The van der Waals surface area contributed by atoms with E-state index in [9.17, 15) is 19.0 Å². The number of quaternary nitrogens is 1. The zero-order chi connectivity index (χ0) is 33.7. The Morgan fingerprint density at radius 1 is 0.711 bits per heavy atom. The Labute approximate surface area is 272 Å². The van der Waals surface area contributed by atoms with Gasteiger partial charge in [0.1, 0.15) is 19.8 Å². The van der Waals surface area contributed by atoms with Crippen LogP contribution in [0, 0.1) is 0 Å². The van der Waals surface area contributed by atoms with Crippen molar-refractivity contribution < 1.29 is 42.1 Å². The van der Waals surface area contributed by atoms with Crippen LogP contribution in [-0.2, 0) is 32.7 Å². The van der Waals surface area contributed by atoms with Crippen molar-refractivity contribution in [3.05, 3.63) is 72.9 Å². The molecule has 0 saturated heterocycles. The van der Waals surface area contributed by atoms with Crippen LogP contribution in [0.4, 0.5) is 0 Å². The van der Waals surface area contributed by atoms with Crippen molar-refractivity contribution in [1.29, 1.82) is 0 Å². The summed E-state index contributed by atoms with van der Waals surface area (Å²) in [6, 6.07) is 0. The quantitative estimate of drug-likeness (QED) is 0.0227. The third-order valence-electron chi connectivity index (χ3n) is 6.10. The molecule has 0 amide bonds. The SMILES string of the molecule is CC/C=C/C=C/C=C/C=C/C=C/CCCC(=O)OC(COC(=O)CC/C=C/CCCCCC)COP(=O)([O-])OCC[N+](C)(C)C. The molecule has 0 aromatic carbocycles. The van der Waals surface area contributed by atoms with E-state index < -0.39 is 32.5 Å². The average Bonchev–Trinajstić information content (AvgIpc) is 2.97. The summed E-state index contributed by atoms with van der Waals surface area (Å²) in [5, 5.41) is 0. The fraction of sp³-hybridized carbons (Fsp3) is 0.600. The van der Waals surface area contributed by atoms with Crippen LogP contribution >= 0.6 is 7.82 Å². The monoisotopic (exact) mass is 651 g/mol. The summed E-state index contributed by atoms with van der Waals surface area (Å²) < 4.78 is 33.4. The molecule has 0 aromatic heterocycles. The summed E-state index contributed by atoms with van der Waals surface area (Å²) in [4.78, 5) is 37.0. The van der Waals surface area contributed by atoms with Crippen LogP contribution in [0.25, 0.3) is 0 Å². The Balaban J connectivity index is 4.74. The van der Waals surface area contributed by atoms with Crippen molar-refractivity contribution in [3.8, 4) is 0 Å². The second-order valence-corrected chi connectivity index (χ2v) is 13.0. The zero-order valence-electron chi connectivity index (χ0n) is 28.3. The topological polar surface area (TPSA) is 111 Å². The van der Waals surface area contributed by atoms with E-state index in [-0.39, 0.29) is 26.1 Å². The lowest BCUT2D eigenvalue weighted by molar-refractivity contribution is -0.870. The van der Waals surface area contributed by atoms with E-state index in [4.69, 9.17) is 18.5 Å². The van der Waals surface area contributed by atoms with Gasteiger partial charge in [-0.15, -0.1) is 0 Å². The molecule has 0 aliphatic heterocycles. The second-order valence-electron chi connectivity index (χ2n) is 11.6. The summed E-state index contributed by atoms with van der Waals surface area (Å²) in [7, 11) is 1.08. The van der Waals surface area contributed by atoms with E-state index in [1.165, 1.54) is 19.3 Å². The van der Waals surface area contributed by atoms with E-state index in [0.717, 1.165) is 19.3 Å². The van der Waals surface area contributed by atoms with Crippen molar-refractivity contribution in [2.24, 2.45) is 0 Å². The predicted octanol–water partition coefficient (Wildman–Crippen LogP) is 7.32. The average molecular weight is 652 g/mol. The van der Waals surface area contributed by atoms with Gasteiger partial charge in [-0.1, -0.05) is 106 Å². The van der Waals surface area contributed by atoms with Gasteiger partial charge in [-0.05, 0) is 38.5 Å². The number of carbonyl (C=O) groups excluding carboxylic acids is 2. The first kappa shape index (κ1) is 42.5. The Bertz CT molecular complexity index is 1010. The second kappa shape index (κ2) is 27.7. The van der Waals surface area contributed by atoms with Gasteiger partial charge < -0.3 is 27.9 Å². The summed E-state index contributed by atoms with van der Waals surface area (Å²) in [5.41, 5.74) is 0. The third kappa shape index (κ3) is 31.2. The molecule has 256 valence electrons. The van der Waals surface area contributed by atoms with Crippen molar-refractivity contribution in [2.45, 2.75) is 90.6 Å². The van der Waals surface area contributed by atoms with Crippen LogP contribution in [0.2, 0.25) is 0 Å². The first-order chi connectivity index (χ1) is 21.5. The van der Waals surface area contributed by atoms with Gasteiger partial charge in [-0.3, -0.25) is 14.2 Å². The number of phosphoric acid groups is 1. The molecular formula is C35H58NO8P. The molecule has 45 heavy (non-hydrogen) atoms. The number of hydrogen-bond donors (Lipinski definition) is 0. The van der Waals surface area contributed by atoms with Crippen molar-refractivity contribution in [3.63, 3.8) is 0 Å². The first-order valence-electron chi connectivity index (χ1n) is 16.2. The molecule has 10 heteroatoms. The number of carbonyl (C=O) groups is 2. The number of hydrogen-bond acceptors (Lipinski definition) is 8. The van der Waals surface area contributed by atoms with Gasteiger partial charge in [0, 0.05) is 12.8 Å². The van der Waals surface area contributed by atoms with Crippen LogP contribution < -0.4 is 4.89 Å². The number of likely N-dealkylation sites (N-methyl/N-ethyl adjacent to an activating group) is 1. The molecule has 0 aliphatic carbocycles. The minimum atomic E-state index is -4.64. The molecule has 2 atom stereocenters. The van der Waals surface area contributed by atoms with Gasteiger partial charge in [0.05, 0.1) is 27.7 Å². The van der Waals surface area contributed by atoms with Gasteiger partial charge >= 0.3 is 11.9 Å². The minimum Gasteiger partial charge on any atom is -0.756 e. The summed E-state index contributed by atoms with van der Waals surface area (Å²) in [5.74, 6) is -0.998. The maximum absolute atomic E-state index is 12.5. The van der Waals surface area contributed by atoms with Gasteiger partial charge in [-0.25, -0.2) is 0 Å². The van der Waals surface area contributed by atoms with Gasteiger partial charge in [-0.2, -0.15) is 0 Å². The van der Waals surface area contributed by atoms with Crippen LogP contribution in [0.1, 0.15) is 84.5 Å².